The largest absolute Gasteiger partial charge is 0.380 e. The zero-order chi connectivity index (χ0) is 8.53. The number of aliphatic hydroxyl groups excluding tert-OH is 1. The molecule has 11 heavy (non-hydrogen) atoms. The maximum absolute atomic E-state index is 9.21. The van der Waals surface area contributed by atoms with E-state index in [1.807, 2.05) is 0 Å². The van der Waals surface area contributed by atoms with Crippen LogP contribution in [-0.2, 0) is 0 Å². The van der Waals surface area contributed by atoms with Crippen molar-refractivity contribution in [2.45, 2.75) is 38.7 Å². The Kier molecular flexibility index (Phi) is 8.10. The molecule has 0 aliphatic heterocycles. The first-order valence-corrected chi connectivity index (χ1v) is 5.15. The van der Waals surface area contributed by atoms with Gasteiger partial charge in [0.2, 0.25) is 0 Å². The van der Waals surface area contributed by atoms with Gasteiger partial charge < -0.3 is 5.11 Å². The van der Waals surface area contributed by atoms with Gasteiger partial charge in [0.15, 0.2) is 0 Å². The van der Waals surface area contributed by atoms with Gasteiger partial charge in [0.1, 0.15) is 6.10 Å². The average molecular weight is 219 g/mol. The molecule has 2 heteroatoms. The fourth-order valence-electron chi connectivity index (χ4n) is 0.816. The van der Waals surface area contributed by atoms with E-state index in [0.29, 0.717) is 5.33 Å². The molecule has 0 aromatic rings. The van der Waals surface area contributed by atoms with Gasteiger partial charge in [0.25, 0.3) is 0 Å². The molecular formula is C9H15BrO. The van der Waals surface area contributed by atoms with Crippen LogP contribution in [0.25, 0.3) is 0 Å². The smallest absolute Gasteiger partial charge is 0.114 e. The second-order valence-corrected chi connectivity index (χ2v) is 3.03. The van der Waals surface area contributed by atoms with Gasteiger partial charge in [0.05, 0.1) is 5.33 Å². The van der Waals surface area contributed by atoms with Crippen molar-refractivity contribution in [3.63, 3.8) is 0 Å². The zero-order valence-electron chi connectivity index (χ0n) is 6.94. The van der Waals surface area contributed by atoms with Crippen LogP contribution in [0.2, 0.25) is 0 Å². The van der Waals surface area contributed by atoms with Crippen molar-refractivity contribution < 1.29 is 5.11 Å². The molecule has 0 aromatic carbocycles. The molecule has 0 saturated heterocycles. The Morgan fingerprint density at radius 2 is 2.18 bits per heavy atom. The predicted octanol–water partition coefficient (Wildman–Crippen LogP) is 2.33. The van der Waals surface area contributed by atoms with E-state index in [4.69, 9.17) is 0 Å². The Hall–Kier alpha value is 0. The standard InChI is InChI=1S/C9H15BrO/c1-2-3-4-6-9(11)7-5-8-10/h9,11H,2-4,6,8H2,1H3/t9-/m1/s1. The second kappa shape index (κ2) is 8.10. The van der Waals surface area contributed by atoms with E-state index in [1.54, 1.807) is 0 Å². The maximum Gasteiger partial charge on any atom is 0.114 e. The second-order valence-electron chi connectivity index (χ2n) is 2.47. The van der Waals surface area contributed by atoms with Gasteiger partial charge in [-0.2, -0.15) is 0 Å². The van der Waals surface area contributed by atoms with E-state index < -0.39 is 6.10 Å². The molecule has 0 aliphatic rings. The van der Waals surface area contributed by atoms with Gasteiger partial charge in [-0.05, 0) is 12.8 Å². The Morgan fingerprint density at radius 1 is 1.45 bits per heavy atom. The summed E-state index contributed by atoms with van der Waals surface area (Å²) in [4.78, 5) is 0. The SMILES string of the molecule is CCCCC[C@@H](O)C#CCBr. The highest BCUT2D eigenvalue weighted by molar-refractivity contribution is 9.09. The summed E-state index contributed by atoms with van der Waals surface area (Å²) in [7, 11) is 0. The molecular weight excluding hydrogens is 204 g/mol. The molecule has 0 bridgehead atoms. The number of aliphatic hydroxyl groups is 1. The van der Waals surface area contributed by atoms with Crippen LogP contribution in [0.4, 0.5) is 0 Å². The third-order valence-electron chi connectivity index (χ3n) is 1.42. The molecule has 0 saturated carbocycles. The van der Waals surface area contributed by atoms with E-state index in [9.17, 15) is 5.11 Å². The molecule has 0 fully saturated rings. The van der Waals surface area contributed by atoms with Crippen molar-refractivity contribution in [2.75, 3.05) is 5.33 Å². The van der Waals surface area contributed by atoms with Crippen LogP contribution in [0.3, 0.4) is 0 Å². The van der Waals surface area contributed by atoms with Crippen LogP contribution < -0.4 is 0 Å². The summed E-state index contributed by atoms with van der Waals surface area (Å²) in [5.74, 6) is 5.54. The van der Waals surface area contributed by atoms with Crippen molar-refractivity contribution in [1.29, 1.82) is 0 Å². The van der Waals surface area contributed by atoms with Gasteiger partial charge in [-0.15, -0.1) is 0 Å². The van der Waals surface area contributed by atoms with Gasteiger partial charge in [-0.1, -0.05) is 47.5 Å². The van der Waals surface area contributed by atoms with Crippen molar-refractivity contribution in [2.24, 2.45) is 0 Å². The van der Waals surface area contributed by atoms with Gasteiger partial charge in [-0.25, -0.2) is 0 Å². The lowest BCUT2D eigenvalue weighted by atomic mass is 10.1. The van der Waals surface area contributed by atoms with Crippen molar-refractivity contribution in [3.05, 3.63) is 0 Å². The highest BCUT2D eigenvalue weighted by Gasteiger charge is 1.96. The maximum atomic E-state index is 9.21. The van der Waals surface area contributed by atoms with E-state index >= 15 is 0 Å². The molecule has 0 amide bonds. The molecule has 0 radical (unpaired) electrons. The molecule has 1 N–H and O–H groups in total. The summed E-state index contributed by atoms with van der Waals surface area (Å²) in [6.45, 7) is 2.15. The van der Waals surface area contributed by atoms with Gasteiger partial charge in [0, 0.05) is 0 Å². The van der Waals surface area contributed by atoms with E-state index in [0.717, 1.165) is 12.8 Å². The number of alkyl halides is 1. The van der Waals surface area contributed by atoms with Crippen LogP contribution in [0, 0.1) is 11.8 Å². The monoisotopic (exact) mass is 218 g/mol. The highest BCUT2D eigenvalue weighted by atomic mass is 79.9. The first kappa shape index (κ1) is 11.0. The van der Waals surface area contributed by atoms with E-state index in [1.165, 1.54) is 12.8 Å². The summed E-state index contributed by atoms with van der Waals surface area (Å²) in [5, 5.41) is 9.86. The van der Waals surface area contributed by atoms with E-state index in [-0.39, 0.29) is 0 Å². The van der Waals surface area contributed by atoms with Crippen molar-refractivity contribution in [3.8, 4) is 11.8 Å². The number of hydrogen-bond donors (Lipinski definition) is 1. The third kappa shape index (κ3) is 7.90. The normalized spacial score (nSPS) is 11.9. The van der Waals surface area contributed by atoms with E-state index in [2.05, 4.69) is 34.7 Å². The minimum Gasteiger partial charge on any atom is -0.380 e. The predicted molar refractivity (Wildman–Crippen MR) is 51.7 cm³/mol. The van der Waals surface area contributed by atoms with Crippen molar-refractivity contribution in [1.82, 2.24) is 0 Å². The molecule has 1 nitrogen and oxygen atoms in total. The van der Waals surface area contributed by atoms with Gasteiger partial charge >= 0.3 is 0 Å². The first-order valence-electron chi connectivity index (χ1n) is 4.03. The Balaban J connectivity index is 3.29. The minimum atomic E-state index is -0.418. The minimum absolute atomic E-state index is 0.418. The van der Waals surface area contributed by atoms with Crippen LogP contribution in [0.1, 0.15) is 32.6 Å². The quantitative estimate of drug-likeness (QED) is 0.437. The lowest BCUT2D eigenvalue weighted by Crippen LogP contribution is -2.01. The Morgan fingerprint density at radius 3 is 2.73 bits per heavy atom. The summed E-state index contributed by atoms with van der Waals surface area (Å²) in [6, 6.07) is 0. The fraction of sp³-hybridized carbons (Fsp3) is 0.778. The molecule has 0 spiro atoms. The summed E-state index contributed by atoms with van der Waals surface area (Å²) >= 11 is 3.17. The number of hydrogen-bond acceptors (Lipinski definition) is 1. The number of rotatable bonds is 4. The first-order chi connectivity index (χ1) is 5.31. The van der Waals surface area contributed by atoms with Crippen LogP contribution in [-0.4, -0.2) is 16.5 Å². The summed E-state index contributed by atoms with van der Waals surface area (Å²) in [6.07, 6.45) is 3.85. The molecule has 0 heterocycles. The zero-order valence-corrected chi connectivity index (χ0v) is 8.52. The molecule has 0 rings (SSSR count). The molecule has 64 valence electrons. The fourth-order valence-corrected chi connectivity index (χ4v) is 0.978. The topological polar surface area (TPSA) is 20.2 Å². The number of halogens is 1. The molecule has 0 unspecified atom stereocenters. The van der Waals surface area contributed by atoms with Crippen LogP contribution in [0.5, 0.6) is 0 Å². The lowest BCUT2D eigenvalue weighted by Gasteiger charge is -2.00. The highest BCUT2D eigenvalue weighted by Crippen LogP contribution is 2.01. The van der Waals surface area contributed by atoms with Gasteiger partial charge in [-0.3, -0.25) is 0 Å². The molecule has 0 aromatic heterocycles. The number of unbranched alkanes of at least 4 members (excludes halogenated alkanes) is 2. The van der Waals surface area contributed by atoms with Crippen LogP contribution in [0.15, 0.2) is 0 Å². The molecule has 0 aliphatic carbocycles. The Bertz CT molecular complexity index is 134. The van der Waals surface area contributed by atoms with Crippen LogP contribution >= 0.6 is 15.9 Å². The average Bonchev–Trinajstić information content (AvgIpc) is 2.01. The third-order valence-corrected chi connectivity index (χ3v) is 1.70. The lowest BCUT2D eigenvalue weighted by molar-refractivity contribution is 0.217. The summed E-state index contributed by atoms with van der Waals surface area (Å²) < 4.78 is 0. The van der Waals surface area contributed by atoms with Crippen molar-refractivity contribution >= 4 is 15.9 Å². The summed E-state index contributed by atoms with van der Waals surface area (Å²) in [5.41, 5.74) is 0. The Labute approximate surface area is 77.3 Å². The molecule has 1 atom stereocenters.